The number of carbonyl (C=O) groups is 1. The molecule has 1 unspecified atom stereocenters. The number of likely N-dealkylation sites (N-methyl/N-ethyl adjacent to an activating group) is 1. The Kier molecular flexibility index (Phi) is 8.89. The van der Waals surface area contributed by atoms with Crippen molar-refractivity contribution >= 4 is 36.4 Å². The van der Waals surface area contributed by atoms with Crippen LogP contribution in [0.3, 0.4) is 0 Å². The number of nitrogens with zero attached hydrogens (tertiary/aromatic N) is 1. The lowest BCUT2D eigenvalue weighted by Crippen LogP contribution is -2.34. The molecule has 0 saturated heterocycles. The Labute approximate surface area is 173 Å². The maximum Gasteiger partial charge on any atom is 0.251 e. The van der Waals surface area contributed by atoms with Crippen molar-refractivity contribution in [2.45, 2.75) is 12.5 Å². The molecule has 1 atom stereocenters. The third kappa shape index (κ3) is 5.51. The van der Waals surface area contributed by atoms with Crippen molar-refractivity contribution in [3.8, 4) is 5.75 Å². The lowest BCUT2D eigenvalue weighted by molar-refractivity contribution is 0.0942. The highest BCUT2D eigenvalue weighted by Crippen LogP contribution is 2.24. The third-order valence-electron chi connectivity index (χ3n) is 4.64. The molecule has 2 N–H and O–H groups in total. The van der Waals surface area contributed by atoms with E-state index in [0.29, 0.717) is 12.1 Å². The van der Waals surface area contributed by atoms with Gasteiger partial charge in [-0.15, -0.1) is 24.8 Å². The van der Waals surface area contributed by atoms with Crippen LogP contribution in [0.4, 0.5) is 5.69 Å². The molecule has 0 fully saturated rings. The standard InChI is InChI=1S/C20H25N3O2.2ClH/c1-23(2)19(15-5-4-6-17(12-15)25-3)13-22-20(24)16-7-8-18-14(11-16)9-10-21-18;;/h4-8,11-12,19,21H,9-10,13H2,1-3H3,(H,22,24);2*1H. The molecule has 0 aliphatic carbocycles. The van der Waals surface area contributed by atoms with E-state index in [4.69, 9.17) is 4.74 Å². The normalized spacial score (nSPS) is 12.9. The zero-order valence-electron chi connectivity index (χ0n) is 15.8. The number of benzene rings is 2. The van der Waals surface area contributed by atoms with Crippen LogP contribution in [0.5, 0.6) is 5.75 Å². The van der Waals surface area contributed by atoms with Crippen molar-refractivity contribution in [2.75, 3.05) is 39.6 Å². The van der Waals surface area contributed by atoms with E-state index in [-0.39, 0.29) is 36.8 Å². The molecule has 0 bridgehead atoms. The second kappa shape index (κ2) is 10.4. The second-order valence-corrected chi connectivity index (χ2v) is 6.51. The van der Waals surface area contributed by atoms with E-state index >= 15 is 0 Å². The van der Waals surface area contributed by atoms with Crippen molar-refractivity contribution < 1.29 is 9.53 Å². The minimum Gasteiger partial charge on any atom is -0.497 e. The van der Waals surface area contributed by atoms with Crippen LogP contribution in [-0.2, 0) is 6.42 Å². The molecule has 5 nitrogen and oxygen atoms in total. The number of hydrogen-bond acceptors (Lipinski definition) is 4. The highest BCUT2D eigenvalue weighted by Gasteiger charge is 2.18. The maximum atomic E-state index is 12.6. The first-order valence-corrected chi connectivity index (χ1v) is 8.54. The van der Waals surface area contributed by atoms with E-state index in [1.807, 2.05) is 50.5 Å². The van der Waals surface area contributed by atoms with E-state index in [0.717, 1.165) is 30.0 Å². The van der Waals surface area contributed by atoms with Crippen molar-refractivity contribution in [1.29, 1.82) is 0 Å². The molecule has 27 heavy (non-hydrogen) atoms. The summed E-state index contributed by atoms with van der Waals surface area (Å²) in [5.74, 6) is 0.784. The summed E-state index contributed by atoms with van der Waals surface area (Å²) in [5, 5.41) is 6.38. The summed E-state index contributed by atoms with van der Waals surface area (Å²) < 4.78 is 5.31. The van der Waals surface area contributed by atoms with Gasteiger partial charge in [0, 0.05) is 24.3 Å². The Balaban J connectivity index is 0.00000182. The Hall–Kier alpha value is -1.95. The number of hydrogen-bond donors (Lipinski definition) is 2. The van der Waals surface area contributed by atoms with Crippen LogP contribution in [0.25, 0.3) is 0 Å². The van der Waals surface area contributed by atoms with Gasteiger partial charge in [0.25, 0.3) is 5.91 Å². The summed E-state index contributed by atoms with van der Waals surface area (Å²) in [6.07, 6.45) is 0.973. The van der Waals surface area contributed by atoms with Crippen LogP contribution >= 0.6 is 24.8 Å². The lowest BCUT2D eigenvalue weighted by Gasteiger charge is -2.25. The summed E-state index contributed by atoms with van der Waals surface area (Å²) in [6.45, 7) is 1.48. The van der Waals surface area contributed by atoms with Gasteiger partial charge in [-0.05, 0) is 62.0 Å². The fourth-order valence-corrected chi connectivity index (χ4v) is 3.18. The van der Waals surface area contributed by atoms with Gasteiger partial charge < -0.3 is 20.3 Å². The van der Waals surface area contributed by atoms with Crippen LogP contribution in [0.2, 0.25) is 0 Å². The summed E-state index contributed by atoms with van der Waals surface area (Å²) in [4.78, 5) is 14.7. The summed E-state index contributed by atoms with van der Waals surface area (Å²) in [6, 6.07) is 13.9. The van der Waals surface area contributed by atoms with Gasteiger partial charge in [-0.3, -0.25) is 4.79 Å². The smallest absolute Gasteiger partial charge is 0.251 e. The van der Waals surface area contributed by atoms with Crippen LogP contribution in [0.1, 0.15) is 27.5 Å². The van der Waals surface area contributed by atoms with E-state index < -0.39 is 0 Å². The zero-order chi connectivity index (χ0) is 17.8. The second-order valence-electron chi connectivity index (χ2n) is 6.51. The number of fused-ring (bicyclic) bond motifs is 1. The number of carbonyl (C=O) groups excluding carboxylic acids is 1. The predicted octanol–water partition coefficient (Wildman–Crippen LogP) is 3.54. The number of methoxy groups -OCH3 is 1. The van der Waals surface area contributed by atoms with Crippen molar-refractivity contribution in [3.63, 3.8) is 0 Å². The summed E-state index contributed by atoms with van der Waals surface area (Å²) in [5.41, 5.74) is 4.18. The van der Waals surface area contributed by atoms with E-state index in [1.165, 1.54) is 5.56 Å². The van der Waals surface area contributed by atoms with Gasteiger partial charge in [-0.25, -0.2) is 0 Å². The molecule has 1 aliphatic rings. The van der Waals surface area contributed by atoms with Gasteiger partial charge in [0.15, 0.2) is 0 Å². The van der Waals surface area contributed by atoms with Gasteiger partial charge in [-0.2, -0.15) is 0 Å². The Bertz CT molecular complexity index is 769. The monoisotopic (exact) mass is 411 g/mol. The summed E-state index contributed by atoms with van der Waals surface area (Å²) in [7, 11) is 5.68. The first kappa shape index (κ1) is 23.1. The molecule has 148 valence electrons. The maximum absolute atomic E-state index is 12.6. The molecule has 3 rings (SSSR count). The molecule has 2 aromatic rings. The largest absolute Gasteiger partial charge is 0.497 e. The number of ether oxygens (including phenoxy) is 1. The van der Waals surface area contributed by atoms with Crippen LogP contribution in [0, 0.1) is 0 Å². The fourth-order valence-electron chi connectivity index (χ4n) is 3.18. The summed E-state index contributed by atoms with van der Waals surface area (Å²) >= 11 is 0. The first-order valence-electron chi connectivity index (χ1n) is 8.54. The average molecular weight is 412 g/mol. The average Bonchev–Trinajstić information content (AvgIpc) is 3.09. The van der Waals surface area contributed by atoms with Crippen LogP contribution in [-0.4, -0.2) is 45.1 Å². The SMILES string of the molecule is COc1cccc(C(CNC(=O)c2ccc3c(c2)CCN3)N(C)C)c1.Cl.Cl. The fraction of sp³-hybridized carbons (Fsp3) is 0.350. The Morgan fingerprint density at radius 3 is 2.70 bits per heavy atom. The molecule has 0 aromatic heterocycles. The molecule has 1 heterocycles. The quantitative estimate of drug-likeness (QED) is 0.762. The minimum absolute atomic E-state index is 0. The zero-order valence-corrected chi connectivity index (χ0v) is 17.5. The molecule has 2 aromatic carbocycles. The molecule has 1 amide bonds. The topological polar surface area (TPSA) is 53.6 Å². The van der Waals surface area contributed by atoms with Crippen molar-refractivity contribution in [3.05, 3.63) is 59.2 Å². The Morgan fingerprint density at radius 2 is 2.00 bits per heavy atom. The van der Waals surface area contributed by atoms with E-state index in [1.54, 1.807) is 7.11 Å². The first-order chi connectivity index (χ1) is 12.1. The molecule has 1 aliphatic heterocycles. The number of halogens is 2. The molecule has 0 radical (unpaired) electrons. The number of rotatable bonds is 6. The molecular weight excluding hydrogens is 385 g/mol. The molecule has 0 spiro atoms. The molecule has 7 heteroatoms. The van der Waals surface area contributed by atoms with Gasteiger partial charge in [0.05, 0.1) is 13.2 Å². The van der Waals surface area contributed by atoms with Crippen molar-refractivity contribution in [1.82, 2.24) is 10.2 Å². The minimum atomic E-state index is -0.0375. The molecule has 0 saturated carbocycles. The van der Waals surface area contributed by atoms with Crippen LogP contribution in [0.15, 0.2) is 42.5 Å². The van der Waals surface area contributed by atoms with Gasteiger partial charge >= 0.3 is 0 Å². The highest BCUT2D eigenvalue weighted by atomic mass is 35.5. The molecular formula is C20H27Cl2N3O2. The van der Waals surface area contributed by atoms with E-state index in [9.17, 15) is 4.79 Å². The van der Waals surface area contributed by atoms with Gasteiger partial charge in [-0.1, -0.05) is 12.1 Å². The number of nitrogens with one attached hydrogen (secondary N) is 2. The number of amides is 1. The Morgan fingerprint density at radius 1 is 1.22 bits per heavy atom. The van der Waals surface area contributed by atoms with Gasteiger partial charge in [0.2, 0.25) is 0 Å². The highest BCUT2D eigenvalue weighted by molar-refractivity contribution is 5.95. The van der Waals surface area contributed by atoms with Gasteiger partial charge in [0.1, 0.15) is 5.75 Å². The van der Waals surface area contributed by atoms with Crippen LogP contribution < -0.4 is 15.4 Å². The number of anilines is 1. The lowest BCUT2D eigenvalue weighted by atomic mass is 10.0. The van der Waals surface area contributed by atoms with Crippen molar-refractivity contribution in [2.24, 2.45) is 0 Å². The predicted molar refractivity (Wildman–Crippen MR) is 115 cm³/mol. The van der Waals surface area contributed by atoms with E-state index in [2.05, 4.69) is 21.6 Å². The third-order valence-corrected chi connectivity index (χ3v) is 4.64.